The molecule has 20 heavy (non-hydrogen) atoms. The fraction of sp³-hybridized carbons (Fsp3) is 0.273. The third kappa shape index (κ3) is 5.27. The third-order valence-electron chi connectivity index (χ3n) is 2.23. The Balaban J connectivity index is 0.00000361. The molecule has 1 rings (SSSR count). The molecule has 0 bridgehead atoms. The monoisotopic (exact) mass is 311 g/mol. The van der Waals surface area contributed by atoms with E-state index in [0.29, 0.717) is 5.56 Å². The Hall–Kier alpha value is -0.843. The van der Waals surface area contributed by atoms with Crippen LogP contribution in [0.2, 0.25) is 5.02 Å². The molecule has 6 nitrogen and oxygen atoms in total. The minimum atomic E-state index is -4.45. The number of aliphatic imine (C=N–C) groups is 1. The van der Waals surface area contributed by atoms with Gasteiger partial charge in [0, 0.05) is 11.4 Å². The topological polar surface area (TPSA) is 107 Å². The summed E-state index contributed by atoms with van der Waals surface area (Å²) in [5.74, 6) is -1.07. The van der Waals surface area contributed by atoms with E-state index in [-0.39, 0.29) is 41.8 Å². The molecule has 0 heterocycles. The van der Waals surface area contributed by atoms with Crippen molar-refractivity contribution in [3.05, 3.63) is 22.7 Å². The number of benzene rings is 1. The van der Waals surface area contributed by atoms with Crippen LogP contribution in [-0.2, 0) is 14.9 Å². The first-order chi connectivity index (χ1) is 8.61. The Morgan fingerprint density at radius 1 is 1.45 bits per heavy atom. The van der Waals surface area contributed by atoms with Gasteiger partial charge in [-0.25, -0.2) is 0 Å². The van der Waals surface area contributed by atoms with Crippen LogP contribution < -0.4 is 24.0 Å². The Labute approximate surface area is 133 Å². The summed E-state index contributed by atoms with van der Waals surface area (Å²) in [6.07, 6.45) is -0.382. The Morgan fingerprint density at radius 2 is 2.00 bits per heavy atom. The van der Waals surface area contributed by atoms with Crippen molar-refractivity contribution in [2.45, 2.75) is 25.2 Å². The maximum absolute atomic E-state index is 11.4. The Bertz CT molecular complexity index is 657. The molecule has 0 atom stereocenters. The van der Waals surface area contributed by atoms with Gasteiger partial charge in [-0.3, -0.25) is 14.3 Å². The number of nitrogens with zero attached hydrogens (tertiary/aromatic N) is 1. The van der Waals surface area contributed by atoms with Crippen molar-refractivity contribution < 1.29 is 41.7 Å². The quantitative estimate of drug-likeness (QED) is 0.308. The summed E-state index contributed by atoms with van der Waals surface area (Å²) in [5, 5.41) is 11.5. The van der Waals surface area contributed by atoms with Gasteiger partial charge in [-0.2, -0.15) is 8.42 Å². The van der Waals surface area contributed by atoms with Gasteiger partial charge >= 0.3 is 18.9 Å². The summed E-state index contributed by atoms with van der Waals surface area (Å²) in [4.78, 5) is 13.9. The number of ketones is 1. The fourth-order valence-corrected chi connectivity index (χ4v) is 2.10. The maximum Gasteiger partial charge on any atom is 1.00 e. The molecule has 9 heteroatoms. The van der Waals surface area contributed by atoms with E-state index in [1.807, 2.05) is 0 Å². The first-order valence-electron chi connectivity index (χ1n) is 5.13. The minimum absolute atomic E-state index is 0. The van der Waals surface area contributed by atoms with Crippen molar-refractivity contribution in [3.63, 3.8) is 0 Å². The smallest absolute Gasteiger partial charge is 0.861 e. The van der Waals surface area contributed by atoms with Gasteiger partial charge in [0.05, 0.1) is 10.6 Å². The number of carbonyl (C=O) groups is 1. The predicted molar refractivity (Wildman–Crippen MR) is 68.4 cm³/mol. The third-order valence-corrected chi connectivity index (χ3v) is 3.46. The van der Waals surface area contributed by atoms with Crippen molar-refractivity contribution in [3.8, 4) is 0 Å². The van der Waals surface area contributed by atoms with E-state index < -0.39 is 20.9 Å². The molecule has 0 aliphatic rings. The first kappa shape index (κ1) is 19.2. The van der Waals surface area contributed by atoms with Crippen LogP contribution in [-0.4, -0.2) is 24.7 Å². The van der Waals surface area contributed by atoms with Crippen LogP contribution in [0.1, 0.15) is 18.9 Å². The largest absolute Gasteiger partial charge is 1.00 e. The average molecular weight is 312 g/mol. The van der Waals surface area contributed by atoms with Gasteiger partial charge in [0.2, 0.25) is 0 Å². The second-order valence-electron chi connectivity index (χ2n) is 3.91. The number of hydrogen-bond acceptors (Lipinski definition) is 5. The molecule has 0 aromatic heterocycles. The van der Waals surface area contributed by atoms with Crippen LogP contribution in [0, 0.1) is 6.92 Å². The molecular formula is C11H11ClLiNO5S. The van der Waals surface area contributed by atoms with Gasteiger partial charge in [-0.1, -0.05) is 11.6 Å². The standard InChI is InChI=1S/C11H12ClNO5S.Li/c1-6(14)3-11(15)13-10-5-8(19(16,17)18)4-9(12)7(10)2;/h4-5H,3H2,1-2H3,(H,13,15)(H,16,17,18);/q;+1/p-1. The van der Waals surface area contributed by atoms with E-state index in [0.717, 1.165) is 12.1 Å². The van der Waals surface area contributed by atoms with Crippen molar-refractivity contribution in [1.29, 1.82) is 0 Å². The predicted octanol–water partition coefficient (Wildman–Crippen LogP) is -1.73. The number of halogens is 1. The Kier molecular flexibility index (Phi) is 6.94. The summed E-state index contributed by atoms with van der Waals surface area (Å²) < 4.78 is 31.0. The van der Waals surface area contributed by atoms with E-state index in [1.54, 1.807) is 0 Å². The molecule has 0 unspecified atom stereocenters. The van der Waals surface area contributed by atoms with Crippen LogP contribution in [0.4, 0.5) is 5.69 Å². The molecule has 0 saturated carbocycles. The van der Waals surface area contributed by atoms with Gasteiger partial charge in [0.15, 0.2) is 0 Å². The van der Waals surface area contributed by atoms with Crippen LogP contribution in [0.3, 0.4) is 0 Å². The van der Waals surface area contributed by atoms with Crippen LogP contribution >= 0.6 is 11.6 Å². The zero-order valence-electron chi connectivity index (χ0n) is 11.2. The molecular weight excluding hydrogens is 301 g/mol. The van der Waals surface area contributed by atoms with E-state index in [1.165, 1.54) is 13.8 Å². The summed E-state index contributed by atoms with van der Waals surface area (Å²) in [6.45, 7) is 2.78. The van der Waals surface area contributed by atoms with Crippen molar-refractivity contribution >= 4 is 39.1 Å². The fourth-order valence-electron chi connectivity index (χ4n) is 1.29. The van der Waals surface area contributed by atoms with Crippen LogP contribution in [0.5, 0.6) is 0 Å². The molecule has 0 aliphatic heterocycles. The van der Waals surface area contributed by atoms with Gasteiger partial charge < -0.3 is 5.11 Å². The molecule has 0 radical (unpaired) electrons. The van der Waals surface area contributed by atoms with Crippen LogP contribution in [0.15, 0.2) is 22.0 Å². The number of Topliss-reactive ketones (excluding diaryl/α,β-unsaturated/α-hetero) is 1. The normalized spacial score (nSPS) is 11.9. The summed E-state index contributed by atoms with van der Waals surface area (Å²) in [6, 6.07) is 2.08. The molecule has 1 N–H and O–H groups in total. The second kappa shape index (κ2) is 7.25. The van der Waals surface area contributed by atoms with E-state index in [2.05, 4.69) is 4.99 Å². The molecule has 1 aromatic rings. The number of rotatable bonds is 4. The van der Waals surface area contributed by atoms with Crippen molar-refractivity contribution in [2.75, 3.05) is 0 Å². The summed E-state index contributed by atoms with van der Waals surface area (Å²) in [7, 11) is -4.45. The zero-order chi connectivity index (χ0) is 14.8. The van der Waals surface area contributed by atoms with Gasteiger partial charge in [0.25, 0.3) is 10.1 Å². The van der Waals surface area contributed by atoms with Crippen molar-refractivity contribution in [1.82, 2.24) is 0 Å². The SMILES string of the molecule is CC(=O)CC([O-])=Nc1cc(S(=O)(=O)O)cc(Cl)c1C.[Li+]. The average Bonchev–Trinajstić information content (AvgIpc) is 2.21. The van der Waals surface area contributed by atoms with E-state index >= 15 is 0 Å². The molecule has 0 aliphatic carbocycles. The zero-order valence-corrected chi connectivity index (χ0v) is 12.7. The molecule has 104 valence electrons. The molecule has 1 aromatic carbocycles. The molecule has 0 fully saturated rings. The summed E-state index contributed by atoms with van der Waals surface area (Å²) in [5.41, 5.74) is 0.386. The minimum Gasteiger partial charge on any atom is -0.861 e. The van der Waals surface area contributed by atoms with Gasteiger partial charge in [-0.15, -0.1) is 0 Å². The maximum atomic E-state index is 11.4. The van der Waals surface area contributed by atoms with E-state index in [4.69, 9.17) is 16.2 Å². The van der Waals surface area contributed by atoms with Gasteiger partial charge in [-0.05, 0) is 37.4 Å². The summed E-state index contributed by atoms with van der Waals surface area (Å²) >= 11 is 5.80. The number of hydrogen-bond donors (Lipinski definition) is 1. The molecule has 0 saturated heterocycles. The Morgan fingerprint density at radius 3 is 2.45 bits per heavy atom. The first-order valence-corrected chi connectivity index (χ1v) is 6.94. The second-order valence-corrected chi connectivity index (χ2v) is 5.74. The number of carbonyl (C=O) groups excluding carboxylic acids is 1. The molecule has 0 spiro atoms. The molecule has 0 amide bonds. The van der Waals surface area contributed by atoms with E-state index in [9.17, 15) is 18.3 Å². The van der Waals surface area contributed by atoms with Gasteiger partial charge in [0.1, 0.15) is 5.78 Å². The van der Waals surface area contributed by atoms with Crippen LogP contribution in [0.25, 0.3) is 0 Å². The van der Waals surface area contributed by atoms with Crippen molar-refractivity contribution in [2.24, 2.45) is 4.99 Å².